The standard InChI is InChI=1S/C12H16N2O4/c1-17-13-11(15)9-4-2-6-14(8-9)12(16)10-5-3-7-18-10/h3,5,7,9H,2,4,6,8H2,1H3,(H,13,15). The van der Waals surface area contributed by atoms with E-state index in [4.69, 9.17) is 4.42 Å². The van der Waals surface area contributed by atoms with Gasteiger partial charge in [0.25, 0.3) is 5.91 Å². The van der Waals surface area contributed by atoms with Crippen molar-refractivity contribution in [3.05, 3.63) is 24.2 Å². The molecule has 1 aromatic heterocycles. The maximum Gasteiger partial charge on any atom is 0.289 e. The van der Waals surface area contributed by atoms with Crippen molar-refractivity contribution in [2.75, 3.05) is 20.2 Å². The summed E-state index contributed by atoms with van der Waals surface area (Å²) in [5.41, 5.74) is 2.31. The Labute approximate surface area is 105 Å². The molecule has 0 saturated carbocycles. The Morgan fingerprint density at radius 1 is 1.56 bits per heavy atom. The van der Waals surface area contributed by atoms with E-state index in [0.29, 0.717) is 18.8 Å². The molecule has 0 bridgehead atoms. The van der Waals surface area contributed by atoms with Gasteiger partial charge in [-0.25, -0.2) is 5.48 Å². The summed E-state index contributed by atoms with van der Waals surface area (Å²) >= 11 is 0. The van der Waals surface area contributed by atoms with E-state index in [1.807, 2.05) is 0 Å². The third-order valence-corrected chi connectivity index (χ3v) is 3.01. The minimum atomic E-state index is -0.224. The fourth-order valence-corrected chi connectivity index (χ4v) is 2.12. The van der Waals surface area contributed by atoms with Gasteiger partial charge in [0, 0.05) is 13.1 Å². The predicted molar refractivity (Wildman–Crippen MR) is 62.5 cm³/mol. The van der Waals surface area contributed by atoms with Crippen LogP contribution in [-0.4, -0.2) is 36.9 Å². The normalized spacial score (nSPS) is 19.6. The number of hydrogen-bond donors (Lipinski definition) is 1. The first kappa shape index (κ1) is 12.6. The van der Waals surface area contributed by atoms with Crippen LogP contribution in [0.15, 0.2) is 22.8 Å². The van der Waals surface area contributed by atoms with Crippen molar-refractivity contribution in [1.82, 2.24) is 10.4 Å². The van der Waals surface area contributed by atoms with Crippen molar-refractivity contribution in [3.63, 3.8) is 0 Å². The average Bonchev–Trinajstić information content (AvgIpc) is 2.92. The molecule has 1 saturated heterocycles. The Hall–Kier alpha value is -1.82. The van der Waals surface area contributed by atoms with Gasteiger partial charge in [-0.05, 0) is 25.0 Å². The van der Waals surface area contributed by atoms with Crippen molar-refractivity contribution in [2.24, 2.45) is 5.92 Å². The second-order valence-electron chi connectivity index (χ2n) is 4.24. The fourth-order valence-electron chi connectivity index (χ4n) is 2.12. The van der Waals surface area contributed by atoms with Gasteiger partial charge in [0.05, 0.1) is 19.3 Å². The van der Waals surface area contributed by atoms with Gasteiger partial charge in [0.1, 0.15) is 0 Å². The quantitative estimate of drug-likeness (QED) is 0.808. The lowest BCUT2D eigenvalue weighted by Crippen LogP contribution is -2.45. The van der Waals surface area contributed by atoms with Crippen molar-refractivity contribution in [3.8, 4) is 0 Å². The summed E-state index contributed by atoms with van der Waals surface area (Å²) in [5.74, 6) is -0.273. The SMILES string of the molecule is CONC(=O)C1CCCN(C(=O)c2ccco2)C1. The molecular weight excluding hydrogens is 236 g/mol. The third kappa shape index (κ3) is 2.70. The van der Waals surface area contributed by atoms with Crippen molar-refractivity contribution < 1.29 is 18.8 Å². The summed E-state index contributed by atoms with van der Waals surface area (Å²) in [6, 6.07) is 3.30. The molecule has 0 aromatic carbocycles. The van der Waals surface area contributed by atoms with Crippen molar-refractivity contribution in [2.45, 2.75) is 12.8 Å². The molecule has 1 N–H and O–H groups in total. The van der Waals surface area contributed by atoms with Gasteiger partial charge < -0.3 is 9.32 Å². The highest BCUT2D eigenvalue weighted by atomic mass is 16.6. The van der Waals surface area contributed by atoms with Crippen LogP contribution in [0.25, 0.3) is 0 Å². The number of hydroxylamine groups is 1. The number of hydrogen-bond acceptors (Lipinski definition) is 4. The smallest absolute Gasteiger partial charge is 0.289 e. The summed E-state index contributed by atoms with van der Waals surface area (Å²) in [7, 11) is 1.40. The van der Waals surface area contributed by atoms with Gasteiger partial charge in [-0.2, -0.15) is 0 Å². The highest BCUT2D eigenvalue weighted by Gasteiger charge is 2.29. The molecule has 1 unspecified atom stereocenters. The van der Waals surface area contributed by atoms with Crippen LogP contribution in [0.2, 0.25) is 0 Å². The largest absolute Gasteiger partial charge is 0.459 e. The molecule has 2 rings (SSSR count). The zero-order valence-electron chi connectivity index (χ0n) is 10.2. The van der Waals surface area contributed by atoms with Gasteiger partial charge in [-0.15, -0.1) is 0 Å². The number of carbonyl (C=O) groups excluding carboxylic acids is 2. The van der Waals surface area contributed by atoms with Crippen LogP contribution < -0.4 is 5.48 Å². The lowest BCUT2D eigenvalue weighted by molar-refractivity contribution is -0.136. The lowest BCUT2D eigenvalue weighted by Gasteiger charge is -2.31. The third-order valence-electron chi connectivity index (χ3n) is 3.01. The Kier molecular flexibility index (Phi) is 3.99. The van der Waals surface area contributed by atoms with Crippen LogP contribution in [-0.2, 0) is 9.63 Å². The summed E-state index contributed by atoms with van der Waals surface area (Å²) in [5, 5.41) is 0. The van der Waals surface area contributed by atoms with Crippen LogP contribution in [0.5, 0.6) is 0 Å². The van der Waals surface area contributed by atoms with E-state index in [1.54, 1.807) is 17.0 Å². The zero-order valence-corrected chi connectivity index (χ0v) is 10.2. The van der Waals surface area contributed by atoms with Crippen LogP contribution in [0.3, 0.4) is 0 Å². The molecule has 98 valence electrons. The molecule has 1 atom stereocenters. The molecule has 2 amide bonds. The highest BCUT2D eigenvalue weighted by Crippen LogP contribution is 2.19. The Bertz CT molecular complexity index is 416. The van der Waals surface area contributed by atoms with Crippen LogP contribution >= 0.6 is 0 Å². The molecule has 0 spiro atoms. The molecule has 0 radical (unpaired) electrons. The Balaban J connectivity index is 1.98. The van der Waals surface area contributed by atoms with Crippen LogP contribution in [0, 0.1) is 5.92 Å². The number of furan rings is 1. The summed E-state index contributed by atoms with van der Waals surface area (Å²) in [6.45, 7) is 1.05. The molecule has 6 heteroatoms. The number of nitrogens with one attached hydrogen (secondary N) is 1. The minimum absolute atomic E-state index is 0.171. The maximum absolute atomic E-state index is 12.1. The van der Waals surface area contributed by atoms with E-state index in [2.05, 4.69) is 10.3 Å². The van der Waals surface area contributed by atoms with E-state index in [0.717, 1.165) is 12.8 Å². The lowest BCUT2D eigenvalue weighted by atomic mass is 9.97. The number of carbonyl (C=O) groups is 2. The van der Waals surface area contributed by atoms with E-state index in [9.17, 15) is 9.59 Å². The first-order chi connectivity index (χ1) is 8.72. The molecule has 1 aromatic rings. The van der Waals surface area contributed by atoms with E-state index < -0.39 is 0 Å². The predicted octanol–water partition coefficient (Wildman–Crippen LogP) is 0.809. The topological polar surface area (TPSA) is 71.8 Å². The second kappa shape index (κ2) is 5.68. The molecule has 2 heterocycles. The molecule has 0 aliphatic carbocycles. The van der Waals surface area contributed by atoms with Crippen molar-refractivity contribution >= 4 is 11.8 Å². The van der Waals surface area contributed by atoms with Gasteiger partial charge in [0.15, 0.2) is 5.76 Å². The molecule has 1 aliphatic heterocycles. The average molecular weight is 252 g/mol. The van der Waals surface area contributed by atoms with E-state index in [-0.39, 0.29) is 17.7 Å². The number of rotatable bonds is 3. The van der Waals surface area contributed by atoms with Gasteiger partial charge >= 0.3 is 0 Å². The zero-order chi connectivity index (χ0) is 13.0. The summed E-state index contributed by atoms with van der Waals surface area (Å²) in [4.78, 5) is 30.0. The first-order valence-corrected chi connectivity index (χ1v) is 5.88. The van der Waals surface area contributed by atoms with Crippen LogP contribution in [0.4, 0.5) is 0 Å². The van der Waals surface area contributed by atoms with Gasteiger partial charge in [-0.1, -0.05) is 0 Å². The number of piperidine rings is 1. The molecule has 6 nitrogen and oxygen atoms in total. The Morgan fingerprint density at radius 2 is 2.39 bits per heavy atom. The second-order valence-corrected chi connectivity index (χ2v) is 4.24. The fraction of sp³-hybridized carbons (Fsp3) is 0.500. The summed E-state index contributed by atoms with van der Waals surface area (Å²) < 4.78 is 5.08. The number of likely N-dealkylation sites (tertiary alicyclic amines) is 1. The maximum atomic E-state index is 12.1. The monoisotopic (exact) mass is 252 g/mol. The summed E-state index contributed by atoms with van der Waals surface area (Å²) in [6.07, 6.45) is 3.03. The molecular formula is C12H16N2O4. The molecule has 1 aliphatic rings. The molecule has 1 fully saturated rings. The molecule has 18 heavy (non-hydrogen) atoms. The van der Waals surface area contributed by atoms with E-state index in [1.165, 1.54) is 13.4 Å². The first-order valence-electron chi connectivity index (χ1n) is 5.88. The van der Waals surface area contributed by atoms with Crippen LogP contribution in [0.1, 0.15) is 23.4 Å². The number of amides is 2. The van der Waals surface area contributed by atoms with Gasteiger partial charge in [0.2, 0.25) is 5.91 Å². The minimum Gasteiger partial charge on any atom is -0.459 e. The highest BCUT2D eigenvalue weighted by molar-refractivity contribution is 5.92. The number of nitrogens with zero attached hydrogens (tertiary/aromatic N) is 1. The van der Waals surface area contributed by atoms with E-state index >= 15 is 0 Å². The Morgan fingerprint density at radius 3 is 3.06 bits per heavy atom. The van der Waals surface area contributed by atoms with Crippen molar-refractivity contribution in [1.29, 1.82) is 0 Å². The van der Waals surface area contributed by atoms with Gasteiger partial charge in [-0.3, -0.25) is 14.4 Å².